The van der Waals surface area contributed by atoms with Crippen LogP contribution in [-0.2, 0) is 4.79 Å². The molecular formula is C10H16O2. The van der Waals surface area contributed by atoms with E-state index in [1.54, 1.807) is 13.8 Å². The van der Waals surface area contributed by atoms with Crippen molar-refractivity contribution in [1.82, 2.24) is 0 Å². The standard InChI is InChI=1S/C10H16O2/c1-6(2)7-5-8(9(7)11)10(3,4)12/h8,12H,5H2,1-4H3. The number of rotatable bonds is 1. The van der Waals surface area contributed by atoms with Crippen LogP contribution in [0.3, 0.4) is 0 Å². The van der Waals surface area contributed by atoms with E-state index >= 15 is 0 Å². The van der Waals surface area contributed by atoms with Crippen LogP contribution < -0.4 is 0 Å². The zero-order valence-electron chi connectivity index (χ0n) is 8.14. The van der Waals surface area contributed by atoms with Crippen molar-refractivity contribution in [2.24, 2.45) is 5.92 Å². The van der Waals surface area contributed by atoms with Crippen LogP contribution in [0.4, 0.5) is 0 Å². The first kappa shape index (κ1) is 9.46. The van der Waals surface area contributed by atoms with Gasteiger partial charge in [-0.15, -0.1) is 0 Å². The van der Waals surface area contributed by atoms with Gasteiger partial charge in [0.15, 0.2) is 5.78 Å². The molecule has 1 N–H and O–H groups in total. The second-order valence-electron chi connectivity index (χ2n) is 4.25. The monoisotopic (exact) mass is 168 g/mol. The molecule has 2 heteroatoms. The van der Waals surface area contributed by atoms with Crippen LogP contribution in [0.1, 0.15) is 34.1 Å². The van der Waals surface area contributed by atoms with E-state index in [1.165, 1.54) is 0 Å². The molecule has 0 aliphatic heterocycles. The Kier molecular flexibility index (Phi) is 2.13. The molecule has 1 aliphatic carbocycles. The highest BCUT2D eigenvalue weighted by molar-refractivity contribution is 6.04. The van der Waals surface area contributed by atoms with Gasteiger partial charge in [-0.05, 0) is 39.7 Å². The average Bonchev–Trinajstić information content (AvgIpc) is 1.80. The molecule has 12 heavy (non-hydrogen) atoms. The van der Waals surface area contributed by atoms with Gasteiger partial charge >= 0.3 is 0 Å². The van der Waals surface area contributed by atoms with Gasteiger partial charge in [-0.1, -0.05) is 5.57 Å². The van der Waals surface area contributed by atoms with E-state index in [9.17, 15) is 9.90 Å². The first-order valence-corrected chi connectivity index (χ1v) is 4.27. The molecule has 1 atom stereocenters. The smallest absolute Gasteiger partial charge is 0.165 e. The number of carbonyl (C=O) groups excluding carboxylic acids is 1. The van der Waals surface area contributed by atoms with Gasteiger partial charge in [-0.3, -0.25) is 4.79 Å². The van der Waals surface area contributed by atoms with Crippen molar-refractivity contribution in [1.29, 1.82) is 0 Å². The van der Waals surface area contributed by atoms with Crippen LogP contribution in [0.15, 0.2) is 11.1 Å². The molecular weight excluding hydrogens is 152 g/mol. The molecule has 1 rings (SSSR count). The van der Waals surface area contributed by atoms with Gasteiger partial charge in [0.2, 0.25) is 0 Å². The first-order chi connectivity index (χ1) is 5.34. The third kappa shape index (κ3) is 1.44. The fourth-order valence-corrected chi connectivity index (χ4v) is 1.50. The Morgan fingerprint density at radius 3 is 2.25 bits per heavy atom. The molecule has 2 nitrogen and oxygen atoms in total. The van der Waals surface area contributed by atoms with Crippen molar-refractivity contribution >= 4 is 5.78 Å². The molecule has 1 fully saturated rings. The molecule has 68 valence electrons. The fraction of sp³-hybridized carbons (Fsp3) is 0.700. The zero-order valence-corrected chi connectivity index (χ0v) is 8.14. The Balaban J connectivity index is 2.75. The van der Waals surface area contributed by atoms with E-state index in [0.717, 1.165) is 17.6 Å². The number of carbonyl (C=O) groups is 1. The maximum Gasteiger partial charge on any atom is 0.165 e. The Bertz CT molecular complexity index is 239. The fourth-order valence-electron chi connectivity index (χ4n) is 1.50. The molecule has 1 unspecified atom stereocenters. The van der Waals surface area contributed by atoms with Crippen LogP contribution in [0.5, 0.6) is 0 Å². The summed E-state index contributed by atoms with van der Waals surface area (Å²) in [6.07, 6.45) is 0.741. The molecule has 0 heterocycles. The Morgan fingerprint density at radius 1 is 1.50 bits per heavy atom. The van der Waals surface area contributed by atoms with Crippen molar-refractivity contribution < 1.29 is 9.90 Å². The Hall–Kier alpha value is -0.630. The highest BCUT2D eigenvalue weighted by atomic mass is 16.3. The third-order valence-electron chi connectivity index (χ3n) is 2.48. The topological polar surface area (TPSA) is 37.3 Å². The largest absolute Gasteiger partial charge is 0.390 e. The zero-order chi connectivity index (χ0) is 9.52. The number of allylic oxidation sites excluding steroid dienone is 2. The van der Waals surface area contributed by atoms with Crippen molar-refractivity contribution in [3.63, 3.8) is 0 Å². The predicted octanol–water partition coefficient (Wildman–Crippen LogP) is 1.68. The second kappa shape index (κ2) is 2.70. The van der Waals surface area contributed by atoms with Crippen molar-refractivity contribution in [2.45, 2.75) is 39.7 Å². The van der Waals surface area contributed by atoms with Gasteiger partial charge in [-0.2, -0.15) is 0 Å². The summed E-state index contributed by atoms with van der Waals surface area (Å²) < 4.78 is 0. The van der Waals surface area contributed by atoms with Gasteiger partial charge in [0, 0.05) is 0 Å². The van der Waals surface area contributed by atoms with Gasteiger partial charge in [0.05, 0.1) is 11.5 Å². The number of ketones is 1. The van der Waals surface area contributed by atoms with Crippen LogP contribution >= 0.6 is 0 Å². The van der Waals surface area contributed by atoms with Crippen LogP contribution in [0.25, 0.3) is 0 Å². The third-order valence-corrected chi connectivity index (χ3v) is 2.48. The van der Waals surface area contributed by atoms with E-state index in [0.29, 0.717) is 0 Å². The molecule has 0 aromatic heterocycles. The predicted molar refractivity (Wildman–Crippen MR) is 47.8 cm³/mol. The lowest BCUT2D eigenvalue weighted by molar-refractivity contribution is -0.132. The summed E-state index contributed by atoms with van der Waals surface area (Å²) >= 11 is 0. The summed E-state index contributed by atoms with van der Waals surface area (Å²) in [6, 6.07) is 0. The minimum absolute atomic E-state index is 0.127. The second-order valence-corrected chi connectivity index (χ2v) is 4.25. The SMILES string of the molecule is CC(C)=C1CC(C(C)(C)O)C1=O. The minimum atomic E-state index is -0.851. The molecule has 0 bridgehead atoms. The molecule has 0 amide bonds. The van der Waals surface area contributed by atoms with E-state index in [4.69, 9.17) is 0 Å². The van der Waals surface area contributed by atoms with Crippen LogP contribution in [0.2, 0.25) is 0 Å². The lowest BCUT2D eigenvalue weighted by Crippen LogP contribution is -2.45. The molecule has 0 saturated heterocycles. The molecule has 0 radical (unpaired) electrons. The maximum atomic E-state index is 11.4. The van der Waals surface area contributed by atoms with Gasteiger partial charge < -0.3 is 5.11 Å². The van der Waals surface area contributed by atoms with E-state index in [1.807, 2.05) is 13.8 Å². The normalized spacial score (nSPS) is 23.9. The van der Waals surface area contributed by atoms with Gasteiger partial charge in [0.1, 0.15) is 0 Å². The average molecular weight is 168 g/mol. The van der Waals surface area contributed by atoms with Gasteiger partial charge in [0.25, 0.3) is 0 Å². The summed E-state index contributed by atoms with van der Waals surface area (Å²) in [4.78, 5) is 11.4. The Morgan fingerprint density at radius 2 is 2.00 bits per heavy atom. The Labute approximate surface area is 73.3 Å². The minimum Gasteiger partial charge on any atom is -0.390 e. The lowest BCUT2D eigenvalue weighted by atomic mass is 9.69. The number of hydrogen-bond acceptors (Lipinski definition) is 2. The molecule has 0 spiro atoms. The maximum absolute atomic E-state index is 11.4. The summed E-state index contributed by atoms with van der Waals surface area (Å²) in [6.45, 7) is 7.26. The molecule has 0 aromatic rings. The van der Waals surface area contributed by atoms with E-state index in [-0.39, 0.29) is 11.7 Å². The summed E-state index contributed by atoms with van der Waals surface area (Å²) in [5.41, 5.74) is 1.14. The number of Topliss-reactive ketones (excluding diaryl/α,β-unsaturated/α-hetero) is 1. The summed E-state index contributed by atoms with van der Waals surface area (Å²) in [7, 11) is 0. The highest BCUT2D eigenvalue weighted by Crippen LogP contribution is 2.38. The quantitative estimate of drug-likeness (QED) is 0.605. The van der Waals surface area contributed by atoms with Gasteiger partial charge in [-0.25, -0.2) is 0 Å². The number of hydrogen-bond donors (Lipinski definition) is 1. The summed E-state index contributed by atoms with van der Waals surface area (Å²) in [5.74, 6) is -0.0510. The van der Waals surface area contributed by atoms with Crippen LogP contribution in [0, 0.1) is 5.92 Å². The van der Waals surface area contributed by atoms with Crippen molar-refractivity contribution in [3.8, 4) is 0 Å². The highest BCUT2D eigenvalue weighted by Gasteiger charge is 2.43. The first-order valence-electron chi connectivity index (χ1n) is 4.27. The van der Waals surface area contributed by atoms with Crippen molar-refractivity contribution in [3.05, 3.63) is 11.1 Å². The molecule has 1 saturated carbocycles. The molecule has 1 aliphatic rings. The lowest BCUT2D eigenvalue weighted by Gasteiger charge is -2.37. The van der Waals surface area contributed by atoms with Crippen LogP contribution in [-0.4, -0.2) is 16.5 Å². The summed E-state index contributed by atoms with van der Waals surface area (Å²) in [5, 5.41) is 9.56. The van der Waals surface area contributed by atoms with E-state index in [2.05, 4.69) is 0 Å². The van der Waals surface area contributed by atoms with E-state index < -0.39 is 5.60 Å². The number of aliphatic hydroxyl groups is 1. The van der Waals surface area contributed by atoms with Crippen molar-refractivity contribution in [2.75, 3.05) is 0 Å². The molecule has 0 aromatic carbocycles.